The first-order chi connectivity index (χ1) is 25.0. The molecule has 3 aromatic carbocycles. The summed E-state index contributed by atoms with van der Waals surface area (Å²) in [5.74, 6) is -1.42. The number of hydrogen-bond donors (Lipinski definition) is 3. The molecule has 1 aliphatic heterocycles. The largest absolute Gasteiger partial charge is 0.497 e. The van der Waals surface area contributed by atoms with Gasteiger partial charge in [0.05, 0.1) is 29.8 Å². The number of ether oxygens (including phenoxy) is 2. The maximum Gasteiger partial charge on any atom is 0.264 e. The first-order valence-electron chi connectivity index (χ1n) is 17.2. The number of methoxy groups -OCH3 is 1. The van der Waals surface area contributed by atoms with E-state index < -0.39 is 51.4 Å². The third-order valence-corrected chi connectivity index (χ3v) is 11.1. The molecule has 1 aromatic heterocycles. The highest BCUT2D eigenvalue weighted by molar-refractivity contribution is 7.90. The Morgan fingerprint density at radius 2 is 1.77 bits per heavy atom. The summed E-state index contributed by atoms with van der Waals surface area (Å²) < 4.78 is 40.4. The number of amides is 3. The second-order valence-electron chi connectivity index (χ2n) is 13.3. The Hall–Kier alpha value is -5.27. The van der Waals surface area contributed by atoms with E-state index in [1.807, 2.05) is 61.5 Å². The van der Waals surface area contributed by atoms with Crippen LogP contribution in [0.15, 0.2) is 102 Å². The number of benzene rings is 3. The van der Waals surface area contributed by atoms with E-state index in [0.717, 1.165) is 10.9 Å². The molecule has 4 aromatic rings. The van der Waals surface area contributed by atoms with Gasteiger partial charge in [-0.3, -0.25) is 14.4 Å². The number of rotatable bonds is 14. The Morgan fingerprint density at radius 1 is 1.06 bits per heavy atom. The first kappa shape index (κ1) is 36.5. The Kier molecular flexibility index (Phi) is 10.6. The van der Waals surface area contributed by atoms with Crippen molar-refractivity contribution in [2.24, 2.45) is 11.8 Å². The van der Waals surface area contributed by atoms with Gasteiger partial charge in [-0.15, -0.1) is 6.58 Å². The molecule has 13 heteroatoms. The number of aromatic nitrogens is 1. The van der Waals surface area contributed by atoms with Gasteiger partial charge in [0.15, 0.2) is 0 Å². The zero-order valence-electron chi connectivity index (χ0n) is 29.4. The highest BCUT2D eigenvalue weighted by atomic mass is 32.2. The summed E-state index contributed by atoms with van der Waals surface area (Å²) in [5, 5.41) is 6.63. The average Bonchev–Trinajstić information content (AvgIpc) is 3.72. The summed E-state index contributed by atoms with van der Waals surface area (Å²) >= 11 is 0. The van der Waals surface area contributed by atoms with E-state index in [9.17, 15) is 22.8 Å². The Labute approximate surface area is 303 Å². The SMILES string of the molecule is C=C[C@@H]1C[C@]1(NC(=O)[C@@H]1C[C@@H](Oc2cc(-c3ccccc3)nc3cc(OC)ccc23)CN1C(=O)[C@@H](C)CCNC)C(=O)NS(=O)(=O)c1ccccc1. The minimum Gasteiger partial charge on any atom is -0.497 e. The van der Waals surface area contributed by atoms with Crippen molar-refractivity contribution in [3.8, 4) is 22.8 Å². The lowest BCUT2D eigenvalue weighted by Gasteiger charge is -2.28. The molecule has 2 aliphatic rings. The summed E-state index contributed by atoms with van der Waals surface area (Å²) in [5.41, 5.74) is 0.672. The zero-order valence-corrected chi connectivity index (χ0v) is 30.2. The van der Waals surface area contributed by atoms with E-state index in [1.165, 1.54) is 23.1 Å². The van der Waals surface area contributed by atoms with Gasteiger partial charge in [0.1, 0.15) is 29.2 Å². The van der Waals surface area contributed by atoms with Gasteiger partial charge in [-0.2, -0.15) is 0 Å². The van der Waals surface area contributed by atoms with Crippen molar-refractivity contribution < 1.29 is 32.3 Å². The number of sulfonamides is 1. The van der Waals surface area contributed by atoms with Gasteiger partial charge in [0, 0.05) is 41.3 Å². The van der Waals surface area contributed by atoms with E-state index in [0.29, 0.717) is 35.7 Å². The molecular formula is C39H43N5O7S. The fourth-order valence-corrected chi connectivity index (χ4v) is 7.75. The van der Waals surface area contributed by atoms with E-state index >= 15 is 0 Å². The van der Waals surface area contributed by atoms with Crippen molar-refractivity contribution in [2.75, 3.05) is 27.2 Å². The van der Waals surface area contributed by atoms with Gasteiger partial charge < -0.3 is 25.0 Å². The highest BCUT2D eigenvalue weighted by Gasteiger charge is 2.61. The summed E-state index contributed by atoms with van der Waals surface area (Å²) in [6, 6.07) is 23.6. The number of nitrogens with one attached hydrogen (secondary N) is 3. The molecule has 52 heavy (non-hydrogen) atoms. The van der Waals surface area contributed by atoms with Crippen LogP contribution in [0.2, 0.25) is 0 Å². The van der Waals surface area contributed by atoms with Gasteiger partial charge in [0.25, 0.3) is 15.9 Å². The molecule has 12 nitrogen and oxygen atoms in total. The van der Waals surface area contributed by atoms with E-state index in [2.05, 4.69) is 21.9 Å². The molecule has 3 amide bonds. The van der Waals surface area contributed by atoms with Crippen molar-refractivity contribution in [1.29, 1.82) is 0 Å². The normalized spacial score (nSPS) is 21.6. The van der Waals surface area contributed by atoms with Crippen molar-refractivity contribution in [1.82, 2.24) is 25.2 Å². The van der Waals surface area contributed by atoms with Crippen LogP contribution in [0, 0.1) is 11.8 Å². The molecule has 0 radical (unpaired) electrons. The lowest BCUT2D eigenvalue weighted by atomic mass is 10.0. The number of carbonyl (C=O) groups is 3. The predicted molar refractivity (Wildman–Crippen MR) is 197 cm³/mol. The third-order valence-electron chi connectivity index (χ3n) is 9.77. The summed E-state index contributed by atoms with van der Waals surface area (Å²) in [7, 11) is -0.822. The highest BCUT2D eigenvalue weighted by Crippen LogP contribution is 2.45. The number of carbonyl (C=O) groups excluding carboxylic acids is 3. The van der Waals surface area contributed by atoms with Crippen LogP contribution < -0.4 is 24.8 Å². The molecule has 1 saturated carbocycles. The topological polar surface area (TPSA) is 156 Å². The van der Waals surface area contributed by atoms with Crippen LogP contribution in [0.3, 0.4) is 0 Å². The zero-order chi connectivity index (χ0) is 37.0. The van der Waals surface area contributed by atoms with E-state index in [4.69, 9.17) is 14.5 Å². The second-order valence-corrected chi connectivity index (χ2v) is 15.0. The maximum atomic E-state index is 14.2. The van der Waals surface area contributed by atoms with Crippen LogP contribution in [0.1, 0.15) is 26.2 Å². The Bertz CT molecular complexity index is 2080. The van der Waals surface area contributed by atoms with E-state index in [1.54, 1.807) is 32.4 Å². The molecule has 1 aliphatic carbocycles. The van der Waals surface area contributed by atoms with Crippen molar-refractivity contribution in [2.45, 2.75) is 48.8 Å². The molecule has 2 heterocycles. The standard InChI is InChI=1S/C39H43N5O7S/c1-5-27-23-39(27,38(47)43-52(48,49)30-14-10-7-11-15-30)42-36(45)34-21-29(24-44(34)37(46)25(2)18-19-40-3)51-35-22-32(26-12-8-6-9-13-26)41-33-20-28(50-4)16-17-31(33)35/h5-17,20,22,25,27,29,34,40H,1,18-19,21,23-24H2,2-4H3,(H,42,45)(H,43,47)/t25-,27+,29+,34-,39+/m0/s1. The van der Waals surface area contributed by atoms with Gasteiger partial charge >= 0.3 is 0 Å². The summed E-state index contributed by atoms with van der Waals surface area (Å²) in [6.07, 6.45) is 1.77. The van der Waals surface area contributed by atoms with Crippen LogP contribution in [0.5, 0.6) is 11.5 Å². The fourth-order valence-electron chi connectivity index (χ4n) is 6.69. The fraction of sp³-hybridized carbons (Fsp3) is 0.333. The number of fused-ring (bicyclic) bond motifs is 1. The summed E-state index contributed by atoms with van der Waals surface area (Å²) in [6.45, 7) is 6.33. The molecule has 1 saturated heterocycles. The number of likely N-dealkylation sites (tertiary alicyclic amines) is 1. The van der Waals surface area contributed by atoms with Crippen molar-refractivity contribution >= 4 is 38.6 Å². The molecule has 0 bridgehead atoms. The van der Waals surface area contributed by atoms with Gasteiger partial charge in [0.2, 0.25) is 11.8 Å². The monoisotopic (exact) mass is 725 g/mol. The third kappa shape index (κ3) is 7.51. The van der Waals surface area contributed by atoms with Crippen LogP contribution in [0.25, 0.3) is 22.2 Å². The molecule has 3 N–H and O–H groups in total. The minimum atomic E-state index is -4.21. The molecule has 6 rings (SSSR count). The smallest absolute Gasteiger partial charge is 0.264 e. The van der Waals surface area contributed by atoms with Crippen LogP contribution >= 0.6 is 0 Å². The van der Waals surface area contributed by atoms with Crippen molar-refractivity contribution in [3.05, 3.63) is 97.6 Å². The Balaban J connectivity index is 1.29. The number of hydrogen-bond acceptors (Lipinski definition) is 9. The molecule has 0 unspecified atom stereocenters. The first-order valence-corrected chi connectivity index (χ1v) is 18.7. The second kappa shape index (κ2) is 15.1. The molecular weight excluding hydrogens is 683 g/mol. The minimum absolute atomic E-state index is 0.0822. The predicted octanol–water partition coefficient (Wildman–Crippen LogP) is 4.07. The molecule has 272 valence electrons. The maximum absolute atomic E-state index is 14.2. The average molecular weight is 726 g/mol. The lowest BCUT2D eigenvalue weighted by molar-refractivity contribution is -0.142. The molecule has 5 atom stereocenters. The van der Waals surface area contributed by atoms with Gasteiger partial charge in [-0.05, 0) is 50.7 Å². The Morgan fingerprint density at radius 3 is 2.42 bits per heavy atom. The quantitative estimate of drug-likeness (QED) is 0.163. The van der Waals surface area contributed by atoms with Crippen molar-refractivity contribution in [3.63, 3.8) is 0 Å². The number of nitrogens with zero attached hydrogens (tertiary/aromatic N) is 2. The summed E-state index contributed by atoms with van der Waals surface area (Å²) in [4.78, 5) is 48.1. The molecule has 2 fully saturated rings. The van der Waals surface area contributed by atoms with Crippen LogP contribution in [0.4, 0.5) is 0 Å². The van der Waals surface area contributed by atoms with Gasteiger partial charge in [-0.25, -0.2) is 18.1 Å². The number of pyridine rings is 1. The van der Waals surface area contributed by atoms with Gasteiger partial charge in [-0.1, -0.05) is 61.5 Å². The van der Waals surface area contributed by atoms with E-state index in [-0.39, 0.29) is 30.2 Å². The van der Waals surface area contributed by atoms with Crippen LogP contribution in [-0.4, -0.2) is 81.0 Å². The lowest BCUT2D eigenvalue weighted by Crippen LogP contribution is -2.56. The molecule has 0 spiro atoms. The van der Waals surface area contributed by atoms with Crippen LogP contribution in [-0.2, 0) is 24.4 Å².